The van der Waals surface area contributed by atoms with Gasteiger partial charge in [0.1, 0.15) is 11.4 Å². The van der Waals surface area contributed by atoms with E-state index in [1.54, 1.807) is 12.1 Å². The van der Waals surface area contributed by atoms with Crippen LogP contribution in [0.5, 0.6) is 5.75 Å². The highest BCUT2D eigenvalue weighted by molar-refractivity contribution is 7.99. The van der Waals surface area contributed by atoms with Crippen molar-refractivity contribution in [3.05, 3.63) is 58.6 Å². The van der Waals surface area contributed by atoms with Crippen LogP contribution < -0.4 is 10.1 Å². The fourth-order valence-electron chi connectivity index (χ4n) is 2.91. The zero-order valence-electron chi connectivity index (χ0n) is 18.1. The van der Waals surface area contributed by atoms with Gasteiger partial charge >= 0.3 is 0 Å². The molecule has 0 unspecified atom stereocenters. The summed E-state index contributed by atoms with van der Waals surface area (Å²) in [5.74, 6) is 1.63. The van der Waals surface area contributed by atoms with E-state index in [0.29, 0.717) is 30.1 Å². The summed E-state index contributed by atoms with van der Waals surface area (Å²) < 4.78 is 7.65. The first-order valence-electron chi connectivity index (χ1n) is 10.2. The lowest BCUT2D eigenvalue weighted by Crippen LogP contribution is -2.15. The maximum Gasteiger partial charge on any atom is 0.292 e. The van der Waals surface area contributed by atoms with Crippen LogP contribution >= 0.6 is 11.8 Å². The molecule has 1 heterocycles. The van der Waals surface area contributed by atoms with Crippen LogP contribution in [0.2, 0.25) is 0 Å². The Kier molecular flexibility index (Phi) is 7.82. The second-order valence-corrected chi connectivity index (χ2v) is 8.33. The van der Waals surface area contributed by atoms with Gasteiger partial charge in [-0.05, 0) is 43.2 Å². The average molecular weight is 456 g/mol. The van der Waals surface area contributed by atoms with Crippen LogP contribution in [0.25, 0.3) is 11.4 Å². The molecule has 9 nitrogen and oxygen atoms in total. The Bertz CT molecular complexity index is 1080. The van der Waals surface area contributed by atoms with Crippen LogP contribution in [-0.4, -0.2) is 38.0 Å². The minimum absolute atomic E-state index is 0.0478. The minimum Gasteiger partial charge on any atom is -0.493 e. The lowest BCUT2D eigenvalue weighted by Gasteiger charge is -2.10. The molecule has 3 aromatic rings. The molecule has 0 aliphatic carbocycles. The van der Waals surface area contributed by atoms with Crippen molar-refractivity contribution in [1.82, 2.24) is 14.8 Å². The maximum atomic E-state index is 12.4. The monoisotopic (exact) mass is 455 g/mol. The first-order chi connectivity index (χ1) is 15.4. The molecule has 0 atom stereocenters. The molecule has 0 saturated heterocycles. The van der Waals surface area contributed by atoms with Crippen molar-refractivity contribution in [3.63, 3.8) is 0 Å². The highest BCUT2D eigenvalue weighted by atomic mass is 32.2. The standard InChI is InChI=1S/C22H25N5O4S/c1-4-26-21(16-9-11-17(12-10-16)31-13-15(2)3)24-25-22(26)32-14-20(28)23-18-7-5-6-8-19(18)27(29)30/h5-12,15H,4,13-14H2,1-3H3,(H,23,28). The molecule has 168 valence electrons. The first-order valence-corrected chi connectivity index (χ1v) is 11.2. The highest BCUT2D eigenvalue weighted by Crippen LogP contribution is 2.27. The van der Waals surface area contributed by atoms with Crippen LogP contribution in [0.3, 0.4) is 0 Å². The summed E-state index contributed by atoms with van der Waals surface area (Å²) in [6, 6.07) is 13.7. The van der Waals surface area contributed by atoms with Crippen molar-refractivity contribution in [2.24, 2.45) is 5.92 Å². The number of carbonyl (C=O) groups excluding carboxylic acids is 1. The number of para-hydroxylation sites is 2. The van der Waals surface area contributed by atoms with E-state index in [2.05, 4.69) is 29.4 Å². The van der Waals surface area contributed by atoms with E-state index >= 15 is 0 Å². The van der Waals surface area contributed by atoms with Gasteiger partial charge in [-0.3, -0.25) is 14.9 Å². The van der Waals surface area contributed by atoms with Crippen LogP contribution in [0.4, 0.5) is 11.4 Å². The third-order valence-electron chi connectivity index (χ3n) is 4.44. The lowest BCUT2D eigenvalue weighted by molar-refractivity contribution is -0.383. The zero-order chi connectivity index (χ0) is 23.1. The summed E-state index contributed by atoms with van der Waals surface area (Å²) in [5, 5.41) is 22.8. The number of nitrogens with one attached hydrogen (secondary N) is 1. The number of benzene rings is 2. The maximum absolute atomic E-state index is 12.4. The molecule has 0 fully saturated rings. The van der Waals surface area contributed by atoms with Crippen LogP contribution in [0.1, 0.15) is 20.8 Å². The van der Waals surface area contributed by atoms with Gasteiger partial charge in [0.05, 0.1) is 17.3 Å². The Labute approximate surface area is 190 Å². The molecule has 3 rings (SSSR count). The van der Waals surface area contributed by atoms with E-state index < -0.39 is 4.92 Å². The van der Waals surface area contributed by atoms with Crippen molar-refractivity contribution in [2.45, 2.75) is 32.5 Å². The average Bonchev–Trinajstić information content (AvgIpc) is 3.19. The van der Waals surface area contributed by atoms with Crippen LogP contribution in [0, 0.1) is 16.0 Å². The van der Waals surface area contributed by atoms with Crippen molar-refractivity contribution >= 4 is 29.0 Å². The third-order valence-corrected chi connectivity index (χ3v) is 5.40. The number of thioether (sulfide) groups is 1. The van der Waals surface area contributed by atoms with Crippen molar-refractivity contribution in [3.8, 4) is 17.1 Å². The highest BCUT2D eigenvalue weighted by Gasteiger charge is 2.17. The summed E-state index contributed by atoms with van der Waals surface area (Å²) >= 11 is 1.23. The molecular weight excluding hydrogens is 430 g/mol. The Morgan fingerprint density at radius 1 is 1.19 bits per heavy atom. The SMILES string of the molecule is CCn1c(SCC(=O)Nc2ccccc2[N+](=O)[O-])nnc1-c1ccc(OCC(C)C)cc1. The number of nitro groups is 1. The molecule has 0 spiro atoms. The molecule has 2 aromatic carbocycles. The van der Waals surface area contributed by atoms with E-state index in [1.165, 1.54) is 23.9 Å². The molecule has 1 aromatic heterocycles. The van der Waals surface area contributed by atoms with E-state index in [0.717, 1.165) is 11.3 Å². The Morgan fingerprint density at radius 2 is 1.91 bits per heavy atom. The number of hydrogen-bond donors (Lipinski definition) is 1. The number of aromatic nitrogens is 3. The van der Waals surface area contributed by atoms with Gasteiger partial charge in [-0.25, -0.2) is 0 Å². The second kappa shape index (κ2) is 10.8. The van der Waals surface area contributed by atoms with E-state index in [9.17, 15) is 14.9 Å². The van der Waals surface area contributed by atoms with Crippen LogP contribution in [-0.2, 0) is 11.3 Å². The number of anilines is 1. The third kappa shape index (κ3) is 5.85. The van der Waals surface area contributed by atoms with Crippen molar-refractivity contribution in [1.29, 1.82) is 0 Å². The molecule has 32 heavy (non-hydrogen) atoms. The molecular formula is C22H25N5O4S. The normalized spacial score (nSPS) is 10.9. The second-order valence-electron chi connectivity index (χ2n) is 7.39. The number of nitrogens with zero attached hydrogens (tertiary/aromatic N) is 4. The number of hydrogen-bond acceptors (Lipinski definition) is 7. The molecule has 10 heteroatoms. The van der Waals surface area contributed by atoms with Gasteiger partial charge in [-0.1, -0.05) is 37.7 Å². The fourth-order valence-corrected chi connectivity index (χ4v) is 3.71. The van der Waals surface area contributed by atoms with Gasteiger partial charge in [-0.15, -0.1) is 10.2 Å². The van der Waals surface area contributed by atoms with Crippen molar-refractivity contribution in [2.75, 3.05) is 17.7 Å². The van der Waals surface area contributed by atoms with E-state index in [-0.39, 0.29) is 23.0 Å². The predicted octanol–water partition coefficient (Wildman–Crippen LogP) is 4.64. The van der Waals surface area contributed by atoms with Crippen molar-refractivity contribution < 1.29 is 14.5 Å². The molecule has 0 bridgehead atoms. The number of nitro benzene ring substituents is 1. The molecule has 0 saturated carbocycles. The molecule has 1 amide bonds. The number of carbonyl (C=O) groups is 1. The Hall–Kier alpha value is -3.40. The summed E-state index contributed by atoms with van der Waals surface area (Å²) in [6.45, 7) is 7.45. The Morgan fingerprint density at radius 3 is 2.56 bits per heavy atom. The lowest BCUT2D eigenvalue weighted by atomic mass is 10.2. The first kappa shape index (κ1) is 23.3. The Balaban J connectivity index is 1.66. The summed E-state index contributed by atoms with van der Waals surface area (Å²) in [5.41, 5.74) is 0.915. The number of ether oxygens (including phenoxy) is 1. The molecule has 0 radical (unpaired) electrons. The predicted molar refractivity (Wildman–Crippen MR) is 124 cm³/mol. The van der Waals surface area contributed by atoms with E-state index in [1.807, 2.05) is 35.8 Å². The molecule has 0 aliphatic rings. The topological polar surface area (TPSA) is 112 Å². The van der Waals surface area contributed by atoms with Gasteiger partial charge in [0, 0.05) is 18.2 Å². The molecule has 1 N–H and O–H groups in total. The zero-order valence-corrected chi connectivity index (χ0v) is 19.0. The quantitative estimate of drug-likeness (QED) is 0.269. The largest absolute Gasteiger partial charge is 0.493 e. The molecule has 0 aliphatic heterocycles. The summed E-state index contributed by atoms with van der Waals surface area (Å²) in [6.07, 6.45) is 0. The van der Waals surface area contributed by atoms with Crippen LogP contribution in [0.15, 0.2) is 53.7 Å². The summed E-state index contributed by atoms with van der Waals surface area (Å²) in [4.78, 5) is 22.9. The van der Waals surface area contributed by atoms with Gasteiger partial charge in [0.2, 0.25) is 5.91 Å². The van der Waals surface area contributed by atoms with Gasteiger partial charge in [-0.2, -0.15) is 0 Å². The van der Waals surface area contributed by atoms with E-state index in [4.69, 9.17) is 4.74 Å². The van der Waals surface area contributed by atoms with Gasteiger partial charge in [0.15, 0.2) is 11.0 Å². The number of amides is 1. The number of rotatable bonds is 10. The van der Waals surface area contributed by atoms with Gasteiger partial charge in [0.25, 0.3) is 5.69 Å². The smallest absolute Gasteiger partial charge is 0.292 e. The summed E-state index contributed by atoms with van der Waals surface area (Å²) in [7, 11) is 0. The minimum atomic E-state index is -0.526. The van der Waals surface area contributed by atoms with Gasteiger partial charge < -0.3 is 14.6 Å². The fraction of sp³-hybridized carbons (Fsp3) is 0.318.